The van der Waals surface area contributed by atoms with Crippen LogP contribution in [0.1, 0.15) is 20.3 Å². The van der Waals surface area contributed by atoms with Gasteiger partial charge in [0.2, 0.25) is 0 Å². The van der Waals surface area contributed by atoms with Crippen molar-refractivity contribution in [2.24, 2.45) is 4.99 Å². The van der Waals surface area contributed by atoms with Gasteiger partial charge < -0.3 is 0 Å². The molecule has 0 radical (unpaired) electrons. The van der Waals surface area contributed by atoms with E-state index in [1.54, 1.807) is 0 Å². The molecule has 0 bridgehead atoms. The number of Topliss-reactive ketones (excluding diaryl/α,β-unsaturated/α-hetero) is 1. The Morgan fingerprint density at radius 3 is 2.78 bits per heavy atom. The molecule has 0 saturated carbocycles. The molecule has 0 heterocycles. The summed E-state index contributed by atoms with van der Waals surface area (Å²) in [4.78, 5) is 14.1. The van der Waals surface area contributed by atoms with Crippen molar-refractivity contribution >= 4 is 23.2 Å². The molecule has 0 fully saturated rings. The minimum atomic E-state index is 0. The number of thiocarbonyl (C=S) groups is 1. The van der Waals surface area contributed by atoms with Crippen LogP contribution >= 0.6 is 12.2 Å². The Bertz CT molecular complexity index is 149. The fourth-order valence-electron chi connectivity index (χ4n) is 0.552. The molecule has 3 heteroatoms. The fourth-order valence-corrected chi connectivity index (χ4v) is 0.732. The van der Waals surface area contributed by atoms with Gasteiger partial charge in [-0.1, -0.05) is 0 Å². The number of hydrogen-bond acceptors (Lipinski definition) is 3. The van der Waals surface area contributed by atoms with E-state index < -0.39 is 0 Å². The monoisotopic (exact) mass is 143 g/mol. The highest BCUT2D eigenvalue weighted by molar-refractivity contribution is 7.78. The van der Waals surface area contributed by atoms with E-state index in [1.807, 2.05) is 6.92 Å². The van der Waals surface area contributed by atoms with Gasteiger partial charge >= 0.3 is 0 Å². The van der Waals surface area contributed by atoms with Crippen molar-refractivity contribution in [3.8, 4) is 0 Å². The van der Waals surface area contributed by atoms with Gasteiger partial charge in [0, 0.05) is 6.42 Å². The van der Waals surface area contributed by atoms with Gasteiger partial charge in [-0.05, 0) is 26.1 Å². The van der Waals surface area contributed by atoms with Crippen LogP contribution in [0.15, 0.2) is 4.99 Å². The van der Waals surface area contributed by atoms with Crippen LogP contribution in [-0.2, 0) is 4.79 Å². The summed E-state index contributed by atoms with van der Waals surface area (Å²) in [6.45, 7) is 3.37. The third-order valence-electron chi connectivity index (χ3n) is 0.856. The zero-order chi connectivity index (χ0) is 7.28. The van der Waals surface area contributed by atoms with Crippen molar-refractivity contribution < 1.29 is 4.79 Å². The first-order valence-corrected chi connectivity index (χ1v) is 3.14. The van der Waals surface area contributed by atoms with E-state index in [0.717, 1.165) is 0 Å². The Morgan fingerprint density at radius 1 is 1.89 bits per heavy atom. The summed E-state index contributed by atoms with van der Waals surface area (Å²) in [6, 6.07) is 0. The number of rotatable bonds is 3. The SMILES string of the molecule is CC(=O)CC(C)N=C=S. The molecule has 0 spiro atoms. The Labute approximate surface area is 60.0 Å². The minimum Gasteiger partial charge on any atom is -0.300 e. The highest BCUT2D eigenvalue weighted by atomic mass is 32.1. The maximum Gasteiger partial charge on any atom is 0.131 e. The second kappa shape index (κ2) is 4.36. The van der Waals surface area contributed by atoms with Gasteiger partial charge in [-0.3, -0.25) is 4.79 Å². The lowest BCUT2D eigenvalue weighted by molar-refractivity contribution is -0.117. The van der Waals surface area contributed by atoms with E-state index in [9.17, 15) is 4.79 Å². The molecule has 0 aromatic heterocycles. The van der Waals surface area contributed by atoms with Gasteiger partial charge in [-0.25, -0.2) is 4.99 Å². The van der Waals surface area contributed by atoms with Crippen molar-refractivity contribution in [2.75, 3.05) is 0 Å². The van der Waals surface area contributed by atoms with E-state index in [-0.39, 0.29) is 11.8 Å². The Hall–Kier alpha value is -0.530. The van der Waals surface area contributed by atoms with Crippen molar-refractivity contribution in [1.82, 2.24) is 0 Å². The molecular weight excluding hydrogens is 134 g/mol. The summed E-state index contributed by atoms with van der Waals surface area (Å²) in [6.07, 6.45) is 0.462. The third kappa shape index (κ3) is 5.34. The van der Waals surface area contributed by atoms with E-state index in [2.05, 4.69) is 22.4 Å². The summed E-state index contributed by atoms with van der Waals surface area (Å²) in [5.74, 6) is 0.136. The molecule has 50 valence electrons. The molecule has 0 aliphatic heterocycles. The zero-order valence-electron chi connectivity index (χ0n) is 5.55. The Balaban J connectivity index is 3.62. The second-order valence-corrected chi connectivity index (χ2v) is 2.16. The van der Waals surface area contributed by atoms with Crippen molar-refractivity contribution in [2.45, 2.75) is 26.3 Å². The number of isothiocyanates is 1. The maximum absolute atomic E-state index is 10.4. The van der Waals surface area contributed by atoms with Crippen LogP contribution in [0, 0.1) is 0 Å². The van der Waals surface area contributed by atoms with Gasteiger partial charge in [0.15, 0.2) is 0 Å². The van der Waals surface area contributed by atoms with Gasteiger partial charge in [0.1, 0.15) is 5.78 Å². The number of carbonyl (C=O) groups excluding carboxylic acids is 1. The second-order valence-electron chi connectivity index (χ2n) is 1.98. The predicted octanol–water partition coefficient (Wildman–Crippen LogP) is 1.46. The Kier molecular flexibility index (Phi) is 4.10. The van der Waals surface area contributed by atoms with Crippen molar-refractivity contribution in [3.63, 3.8) is 0 Å². The average Bonchev–Trinajstić information content (AvgIpc) is 1.63. The normalized spacial score (nSPS) is 11.8. The number of ketones is 1. The van der Waals surface area contributed by atoms with E-state index in [0.29, 0.717) is 6.42 Å². The first-order chi connectivity index (χ1) is 4.16. The van der Waals surface area contributed by atoms with Gasteiger partial charge in [-0.2, -0.15) is 0 Å². The lowest BCUT2D eigenvalue weighted by Gasteiger charge is -1.96. The fraction of sp³-hybridized carbons (Fsp3) is 0.667. The van der Waals surface area contributed by atoms with E-state index in [4.69, 9.17) is 0 Å². The van der Waals surface area contributed by atoms with Crippen LogP contribution in [0.25, 0.3) is 0 Å². The van der Waals surface area contributed by atoms with Crippen molar-refractivity contribution in [3.05, 3.63) is 0 Å². The molecule has 0 aliphatic rings. The Morgan fingerprint density at radius 2 is 2.44 bits per heavy atom. The molecule has 1 unspecified atom stereocenters. The highest BCUT2D eigenvalue weighted by Gasteiger charge is 2.00. The van der Waals surface area contributed by atoms with Gasteiger partial charge in [-0.15, -0.1) is 0 Å². The molecule has 0 amide bonds. The standard InChI is InChI=1S/C6H9NOS/c1-5(7-4-9)3-6(2)8/h5H,3H2,1-2H3. The number of nitrogens with zero attached hydrogens (tertiary/aromatic N) is 1. The maximum atomic E-state index is 10.4. The van der Waals surface area contributed by atoms with E-state index >= 15 is 0 Å². The van der Waals surface area contributed by atoms with Crippen LogP contribution in [0.2, 0.25) is 0 Å². The van der Waals surface area contributed by atoms with Crippen LogP contribution < -0.4 is 0 Å². The molecule has 0 aliphatic carbocycles. The first-order valence-electron chi connectivity index (χ1n) is 2.73. The summed E-state index contributed by atoms with van der Waals surface area (Å²) >= 11 is 4.35. The number of carbonyl (C=O) groups is 1. The molecule has 0 aromatic carbocycles. The molecule has 0 aromatic rings. The molecule has 0 N–H and O–H groups in total. The van der Waals surface area contributed by atoms with Gasteiger partial charge in [0.25, 0.3) is 0 Å². The predicted molar refractivity (Wildman–Crippen MR) is 39.8 cm³/mol. The lowest BCUT2D eigenvalue weighted by Crippen LogP contribution is -2.03. The number of aliphatic imine (C=N–C) groups is 1. The topological polar surface area (TPSA) is 29.4 Å². The van der Waals surface area contributed by atoms with Crippen LogP contribution in [0.4, 0.5) is 0 Å². The largest absolute Gasteiger partial charge is 0.300 e. The quantitative estimate of drug-likeness (QED) is 0.442. The van der Waals surface area contributed by atoms with Crippen LogP contribution in [0.3, 0.4) is 0 Å². The van der Waals surface area contributed by atoms with E-state index in [1.165, 1.54) is 6.92 Å². The van der Waals surface area contributed by atoms with Crippen LogP contribution in [-0.4, -0.2) is 17.0 Å². The molecule has 9 heavy (non-hydrogen) atoms. The zero-order valence-corrected chi connectivity index (χ0v) is 6.36. The average molecular weight is 143 g/mol. The third-order valence-corrected chi connectivity index (χ3v) is 0.961. The molecule has 2 nitrogen and oxygen atoms in total. The molecule has 0 saturated heterocycles. The summed E-state index contributed by atoms with van der Waals surface area (Å²) in [5.41, 5.74) is 0. The smallest absolute Gasteiger partial charge is 0.131 e. The highest BCUT2D eigenvalue weighted by Crippen LogP contribution is 1.94. The molecule has 1 atom stereocenters. The lowest BCUT2D eigenvalue weighted by atomic mass is 10.2. The minimum absolute atomic E-state index is 0. The molecular formula is C6H9NOS. The summed E-state index contributed by atoms with van der Waals surface area (Å²) in [7, 11) is 0. The van der Waals surface area contributed by atoms with Crippen LogP contribution in [0.5, 0.6) is 0 Å². The first kappa shape index (κ1) is 8.47. The number of hydrogen-bond donors (Lipinski definition) is 0. The molecule has 0 rings (SSSR count). The van der Waals surface area contributed by atoms with Crippen molar-refractivity contribution in [1.29, 1.82) is 0 Å². The summed E-state index contributed by atoms with van der Waals surface area (Å²) in [5, 5.41) is 2.23. The summed E-state index contributed by atoms with van der Waals surface area (Å²) < 4.78 is 0. The van der Waals surface area contributed by atoms with Gasteiger partial charge in [0.05, 0.1) is 11.2 Å².